The van der Waals surface area contributed by atoms with E-state index in [4.69, 9.17) is 23.2 Å². The zero-order valence-corrected chi connectivity index (χ0v) is 17.3. The Morgan fingerprint density at radius 2 is 1.71 bits per heavy atom. The van der Waals surface area contributed by atoms with Crippen molar-refractivity contribution in [3.8, 4) is 11.4 Å². The minimum Gasteiger partial charge on any atom is -0.314 e. The van der Waals surface area contributed by atoms with Gasteiger partial charge >= 0.3 is 0 Å². The quantitative estimate of drug-likeness (QED) is 0.630. The van der Waals surface area contributed by atoms with Gasteiger partial charge in [-0.1, -0.05) is 41.4 Å². The molecule has 144 valence electrons. The Bertz CT molecular complexity index is 1110. The Morgan fingerprint density at radius 3 is 2.36 bits per heavy atom. The van der Waals surface area contributed by atoms with Crippen molar-refractivity contribution in [1.82, 2.24) is 9.55 Å². The van der Waals surface area contributed by atoms with Crippen LogP contribution in [0.1, 0.15) is 11.3 Å². The minimum atomic E-state index is -0.266. The van der Waals surface area contributed by atoms with Crippen LogP contribution in [0.5, 0.6) is 0 Å². The molecule has 0 N–H and O–H groups in total. The van der Waals surface area contributed by atoms with Crippen LogP contribution in [0.2, 0.25) is 10.0 Å². The molecule has 0 bridgehead atoms. The molecule has 28 heavy (non-hydrogen) atoms. The van der Waals surface area contributed by atoms with Crippen LogP contribution in [0.4, 0.5) is 5.69 Å². The van der Waals surface area contributed by atoms with E-state index in [-0.39, 0.29) is 18.0 Å². The van der Waals surface area contributed by atoms with Crippen LogP contribution < -0.4 is 10.5 Å². The molecule has 3 aromatic rings. The summed E-state index contributed by atoms with van der Waals surface area (Å²) in [6.07, 6.45) is 0. The number of hydrogen-bond acceptors (Lipinski definition) is 3. The van der Waals surface area contributed by atoms with Crippen LogP contribution in [0.25, 0.3) is 11.4 Å². The first-order valence-corrected chi connectivity index (χ1v) is 9.39. The summed E-state index contributed by atoms with van der Waals surface area (Å²) in [6, 6.07) is 14.0. The summed E-state index contributed by atoms with van der Waals surface area (Å²) in [4.78, 5) is 31.8. The van der Waals surface area contributed by atoms with Crippen LogP contribution in [0.3, 0.4) is 0 Å². The van der Waals surface area contributed by atoms with E-state index in [1.54, 1.807) is 63.4 Å². The number of benzene rings is 2. The monoisotopic (exact) mass is 415 g/mol. The molecule has 1 amide bonds. The molecule has 0 radical (unpaired) electrons. The van der Waals surface area contributed by atoms with Crippen molar-refractivity contribution in [3.05, 3.63) is 80.2 Å². The third-order valence-corrected chi connectivity index (χ3v) is 5.05. The molecule has 0 saturated carbocycles. The molecule has 0 aliphatic carbocycles. The molecule has 2 aromatic carbocycles. The summed E-state index contributed by atoms with van der Waals surface area (Å²) in [5, 5.41) is 1.06. The number of halogens is 2. The molecule has 0 aliphatic heterocycles. The van der Waals surface area contributed by atoms with Crippen LogP contribution in [-0.4, -0.2) is 22.5 Å². The zero-order valence-electron chi connectivity index (χ0n) is 15.7. The van der Waals surface area contributed by atoms with Crippen molar-refractivity contribution in [2.45, 2.75) is 20.4 Å². The van der Waals surface area contributed by atoms with Crippen molar-refractivity contribution in [1.29, 1.82) is 0 Å². The fourth-order valence-electron chi connectivity index (χ4n) is 2.82. The van der Waals surface area contributed by atoms with Crippen molar-refractivity contribution >= 4 is 34.8 Å². The fourth-order valence-corrected chi connectivity index (χ4v) is 3.20. The van der Waals surface area contributed by atoms with Crippen LogP contribution >= 0.6 is 23.2 Å². The summed E-state index contributed by atoms with van der Waals surface area (Å²) >= 11 is 12.1. The molecule has 0 saturated heterocycles. The number of likely N-dealkylation sites (N-methyl/N-ethyl adjacent to an activating group) is 1. The first kappa shape index (κ1) is 20.1. The fraction of sp³-hybridized carbons (Fsp3) is 0.190. The third kappa shape index (κ3) is 4.11. The lowest BCUT2D eigenvalue weighted by atomic mass is 10.1. The lowest BCUT2D eigenvalue weighted by molar-refractivity contribution is -0.118. The molecule has 1 heterocycles. The maximum absolute atomic E-state index is 12.9. The molecular weight excluding hydrogens is 397 g/mol. The maximum Gasteiger partial charge on any atom is 0.257 e. The van der Waals surface area contributed by atoms with E-state index in [0.717, 1.165) is 0 Å². The zero-order chi connectivity index (χ0) is 20.4. The van der Waals surface area contributed by atoms with E-state index < -0.39 is 0 Å². The van der Waals surface area contributed by atoms with E-state index in [0.29, 0.717) is 38.4 Å². The van der Waals surface area contributed by atoms with E-state index in [2.05, 4.69) is 4.98 Å². The van der Waals surface area contributed by atoms with Crippen molar-refractivity contribution in [2.75, 3.05) is 11.9 Å². The highest BCUT2D eigenvalue weighted by Gasteiger charge is 2.19. The smallest absolute Gasteiger partial charge is 0.257 e. The average molecular weight is 416 g/mol. The molecule has 0 spiro atoms. The molecule has 0 aliphatic rings. The van der Waals surface area contributed by atoms with Crippen molar-refractivity contribution in [3.63, 3.8) is 0 Å². The Morgan fingerprint density at radius 1 is 1.07 bits per heavy atom. The summed E-state index contributed by atoms with van der Waals surface area (Å²) < 4.78 is 1.39. The standard InChI is InChI=1S/C21H19Cl2N3O2/c1-13-14(2)24-20(15-6-4-7-16(22)10-15)26(21(13)28)12-19(27)25(3)18-9-5-8-17(23)11-18/h4-11H,12H2,1-3H3. The van der Waals surface area contributed by atoms with Gasteiger partial charge in [0.1, 0.15) is 12.4 Å². The van der Waals surface area contributed by atoms with Gasteiger partial charge in [0.15, 0.2) is 0 Å². The second-order valence-electron chi connectivity index (χ2n) is 6.48. The van der Waals surface area contributed by atoms with Crippen LogP contribution in [0.15, 0.2) is 53.3 Å². The highest BCUT2D eigenvalue weighted by molar-refractivity contribution is 6.31. The van der Waals surface area contributed by atoms with E-state index in [9.17, 15) is 9.59 Å². The van der Waals surface area contributed by atoms with Gasteiger partial charge in [-0.25, -0.2) is 4.98 Å². The van der Waals surface area contributed by atoms with Gasteiger partial charge < -0.3 is 4.90 Å². The molecule has 7 heteroatoms. The number of aromatic nitrogens is 2. The first-order valence-electron chi connectivity index (χ1n) is 8.64. The van der Waals surface area contributed by atoms with Gasteiger partial charge in [-0.05, 0) is 44.2 Å². The highest BCUT2D eigenvalue weighted by atomic mass is 35.5. The lowest BCUT2D eigenvalue weighted by Gasteiger charge is -2.20. The molecule has 0 fully saturated rings. The number of nitrogens with zero attached hydrogens (tertiary/aromatic N) is 3. The predicted octanol–water partition coefficient (Wildman–Crippen LogP) is 4.50. The number of hydrogen-bond donors (Lipinski definition) is 0. The van der Waals surface area contributed by atoms with Gasteiger partial charge in [0, 0.05) is 39.6 Å². The third-order valence-electron chi connectivity index (χ3n) is 4.58. The van der Waals surface area contributed by atoms with Gasteiger partial charge in [-0.2, -0.15) is 0 Å². The molecule has 3 rings (SSSR count). The van der Waals surface area contributed by atoms with Crippen molar-refractivity contribution in [2.24, 2.45) is 0 Å². The lowest BCUT2D eigenvalue weighted by Crippen LogP contribution is -2.36. The molecule has 0 atom stereocenters. The number of anilines is 1. The van der Waals surface area contributed by atoms with Gasteiger partial charge in [-0.3, -0.25) is 14.2 Å². The highest BCUT2D eigenvalue weighted by Crippen LogP contribution is 2.22. The normalized spacial score (nSPS) is 10.8. The molecule has 5 nitrogen and oxygen atoms in total. The summed E-state index contributed by atoms with van der Waals surface area (Å²) in [5.41, 5.74) is 2.18. The van der Waals surface area contributed by atoms with Gasteiger partial charge in [0.05, 0.1) is 0 Å². The van der Waals surface area contributed by atoms with Crippen LogP contribution in [-0.2, 0) is 11.3 Å². The Kier molecular flexibility index (Phi) is 5.87. The predicted molar refractivity (Wildman–Crippen MR) is 113 cm³/mol. The Labute approximate surface area is 173 Å². The average Bonchev–Trinajstić information content (AvgIpc) is 2.67. The Hall–Kier alpha value is -2.63. The maximum atomic E-state index is 12.9. The van der Waals surface area contributed by atoms with Crippen molar-refractivity contribution < 1.29 is 4.79 Å². The van der Waals surface area contributed by atoms with Gasteiger partial charge in [0.25, 0.3) is 5.56 Å². The van der Waals surface area contributed by atoms with Gasteiger partial charge in [-0.15, -0.1) is 0 Å². The van der Waals surface area contributed by atoms with E-state index in [1.165, 1.54) is 9.47 Å². The number of rotatable bonds is 4. The topological polar surface area (TPSA) is 55.2 Å². The number of amides is 1. The van der Waals surface area contributed by atoms with Crippen LogP contribution in [0, 0.1) is 13.8 Å². The number of carbonyl (C=O) groups excluding carboxylic acids is 1. The Balaban J connectivity index is 2.04. The number of aryl methyl sites for hydroxylation is 1. The summed E-state index contributed by atoms with van der Waals surface area (Å²) in [5.74, 6) is 0.140. The molecule has 0 unspecified atom stereocenters. The first-order chi connectivity index (χ1) is 13.3. The van der Waals surface area contributed by atoms with Gasteiger partial charge in [0.2, 0.25) is 5.91 Å². The summed E-state index contributed by atoms with van der Waals surface area (Å²) in [6.45, 7) is 3.32. The molecular formula is C21H19Cl2N3O2. The van der Waals surface area contributed by atoms with E-state index in [1.807, 2.05) is 6.07 Å². The van der Waals surface area contributed by atoms with E-state index >= 15 is 0 Å². The second-order valence-corrected chi connectivity index (χ2v) is 7.35. The molecule has 1 aromatic heterocycles. The SMILES string of the molecule is Cc1nc(-c2cccc(Cl)c2)n(CC(=O)N(C)c2cccc(Cl)c2)c(=O)c1C. The second kappa shape index (κ2) is 8.17. The minimum absolute atomic E-state index is 0.155. The summed E-state index contributed by atoms with van der Waals surface area (Å²) in [7, 11) is 1.65. The number of carbonyl (C=O) groups is 1. The largest absolute Gasteiger partial charge is 0.314 e.